The van der Waals surface area contributed by atoms with Gasteiger partial charge in [-0.2, -0.15) is 0 Å². The minimum atomic E-state index is 0.349. The smallest absolute Gasteiger partial charge is 0.133 e. The lowest BCUT2D eigenvalue weighted by Gasteiger charge is -2.18. The van der Waals surface area contributed by atoms with Crippen LogP contribution in [0.25, 0.3) is 0 Å². The molecule has 1 heterocycles. The van der Waals surface area contributed by atoms with Crippen LogP contribution in [0.15, 0.2) is 38.6 Å². The highest BCUT2D eigenvalue weighted by atomic mass is 79.9. The molecule has 2 aromatic rings. The van der Waals surface area contributed by atoms with E-state index in [4.69, 9.17) is 4.74 Å². The summed E-state index contributed by atoms with van der Waals surface area (Å²) in [5.41, 5.74) is 1.29. The maximum Gasteiger partial charge on any atom is 0.133 e. The van der Waals surface area contributed by atoms with Crippen LogP contribution >= 0.6 is 43.2 Å². The van der Waals surface area contributed by atoms with E-state index in [-0.39, 0.29) is 0 Å². The van der Waals surface area contributed by atoms with Crippen LogP contribution in [0.2, 0.25) is 0 Å². The second-order valence-electron chi connectivity index (χ2n) is 4.82. The maximum atomic E-state index is 5.29. The van der Waals surface area contributed by atoms with Crippen molar-refractivity contribution in [2.24, 2.45) is 0 Å². The van der Waals surface area contributed by atoms with E-state index in [2.05, 4.69) is 68.4 Å². The zero-order chi connectivity index (χ0) is 15.2. The van der Waals surface area contributed by atoms with E-state index in [1.807, 2.05) is 6.07 Å². The van der Waals surface area contributed by atoms with Crippen LogP contribution in [-0.4, -0.2) is 13.7 Å². The lowest BCUT2D eigenvalue weighted by atomic mass is 10.0. The SMILES string of the molecule is CCCNC(Cc1ccc(OC)c(Br)c1)c1ccc(Br)s1. The first-order chi connectivity index (χ1) is 10.1. The molecule has 1 N–H and O–H groups in total. The van der Waals surface area contributed by atoms with Gasteiger partial charge >= 0.3 is 0 Å². The zero-order valence-corrected chi connectivity index (χ0v) is 16.1. The van der Waals surface area contributed by atoms with Crippen LogP contribution in [-0.2, 0) is 6.42 Å². The fraction of sp³-hybridized carbons (Fsp3) is 0.375. The third-order valence-electron chi connectivity index (χ3n) is 3.23. The van der Waals surface area contributed by atoms with Gasteiger partial charge in [-0.15, -0.1) is 11.3 Å². The lowest BCUT2D eigenvalue weighted by molar-refractivity contribution is 0.412. The van der Waals surface area contributed by atoms with Crippen LogP contribution in [0, 0.1) is 0 Å². The van der Waals surface area contributed by atoms with Crippen molar-refractivity contribution in [3.8, 4) is 5.75 Å². The molecule has 0 aliphatic carbocycles. The van der Waals surface area contributed by atoms with Crippen molar-refractivity contribution in [1.29, 1.82) is 0 Å². The van der Waals surface area contributed by atoms with E-state index in [1.165, 1.54) is 14.2 Å². The van der Waals surface area contributed by atoms with E-state index in [0.717, 1.165) is 29.6 Å². The van der Waals surface area contributed by atoms with E-state index in [1.54, 1.807) is 18.4 Å². The molecule has 21 heavy (non-hydrogen) atoms. The fourth-order valence-electron chi connectivity index (χ4n) is 2.18. The standard InChI is InChI=1S/C16H19Br2NOS/c1-3-8-19-13(15-6-7-16(18)21-15)10-11-4-5-14(20-2)12(17)9-11/h4-7,9,13,19H,3,8,10H2,1-2H3. The second-order valence-corrected chi connectivity index (χ2v) is 8.17. The summed E-state index contributed by atoms with van der Waals surface area (Å²) in [6.45, 7) is 3.22. The van der Waals surface area contributed by atoms with Gasteiger partial charge in [0.1, 0.15) is 5.75 Å². The van der Waals surface area contributed by atoms with Crippen LogP contribution in [0.4, 0.5) is 0 Å². The van der Waals surface area contributed by atoms with Crippen molar-refractivity contribution in [3.05, 3.63) is 49.0 Å². The highest BCUT2D eigenvalue weighted by Gasteiger charge is 2.14. The molecule has 0 spiro atoms. The Labute approximate surface area is 147 Å². The molecule has 0 fully saturated rings. The molecule has 1 atom stereocenters. The monoisotopic (exact) mass is 431 g/mol. The Kier molecular flexibility index (Phi) is 6.74. The Balaban J connectivity index is 2.16. The minimum Gasteiger partial charge on any atom is -0.496 e. The Bertz CT molecular complexity index is 585. The van der Waals surface area contributed by atoms with Gasteiger partial charge in [-0.3, -0.25) is 0 Å². The van der Waals surface area contributed by atoms with Crippen molar-refractivity contribution in [2.45, 2.75) is 25.8 Å². The van der Waals surface area contributed by atoms with Gasteiger partial charge < -0.3 is 10.1 Å². The third-order valence-corrected chi connectivity index (χ3v) is 5.59. The summed E-state index contributed by atoms with van der Waals surface area (Å²) in [5.74, 6) is 0.871. The van der Waals surface area contributed by atoms with Gasteiger partial charge in [-0.25, -0.2) is 0 Å². The Morgan fingerprint density at radius 2 is 2.05 bits per heavy atom. The van der Waals surface area contributed by atoms with Crippen LogP contribution in [0.1, 0.15) is 29.8 Å². The van der Waals surface area contributed by atoms with Gasteiger partial charge in [0.15, 0.2) is 0 Å². The van der Waals surface area contributed by atoms with Crippen molar-refractivity contribution < 1.29 is 4.74 Å². The summed E-state index contributed by atoms with van der Waals surface area (Å²) >= 11 is 8.91. The highest BCUT2D eigenvalue weighted by Crippen LogP contribution is 2.31. The van der Waals surface area contributed by atoms with Crippen LogP contribution in [0.3, 0.4) is 0 Å². The molecule has 0 aliphatic heterocycles. The molecule has 1 unspecified atom stereocenters. The summed E-state index contributed by atoms with van der Waals surface area (Å²) in [7, 11) is 1.69. The molecular formula is C16H19Br2NOS. The molecule has 0 saturated carbocycles. The molecule has 2 rings (SSSR count). The van der Waals surface area contributed by atoms with Crippen molar-refractivity contribution in [3.63, 3.8) is 0 Å². The average molecular weight is 433 g/mol. The second kappa shape index (κ2) is 8.32. The zero-order valence-electron chi connectivity index (χ0n) is 12.2. The molecule has 5 heteroatoms. The number of hydrogen-bond donors (Lipinski definition) is 1. The predicted octanol–water partition coefficient (Wildman–Crippen LogP) is 5.57. The molecule has 2 nitrogen and oxygen atoms in total. The van der Waals surface area contributed by atoms with E-state index in [9.17, 15) is 0 Å². The molecular weight excluding hydrogens is 414 g/mol. The first-order valence-electron chi connectivity index (χ1n) is 6.95. The lowest BCUT2D eigenvalue weighted by Crippen LogP contribution is -2.23. The summed E-state index contributed by atoms with van der Waals surface area (Å²) in [6.07, 6.45) is 2.10. The molecule has 0 radical (unpaired) electrons. The number of thiophene rings is 1. The van der Waals surface area contributed by atoms with E-state index >= 15 is 0 Å². The van der Waals surface area contributed by atoms with Crippen molar-refractivity contribution in [1.82, 2.24) is 5.32 Å². The molecule has 1 aromatic carbocycles. The molecule has 0 amide bonds. The largest absolute Gasteiger partial charge is 0.496 e. The van der Waals surface area contributed by atoms with Gasteiger partial charge in [0.05, 0.1) is 15.4 Å². The topological polar surface area (TPSA) is 21.3 Å². The summed E-state index contributed by atoms with van der Waals surface area (Å²) in [5, 5.41) is 3.64. The first kappa shape index (κ1) is 17.0. The maximum absolute atomic E-state index is 5.29. The van der Waals surface area contributed by atoms with Crippen LogP contribution < -0.4 is 10.1 Å². The normalized spacial score (nSPS) is 12.4. The third kappa shape index (κ3) is 4.81. The Morgan fingerprint density at radius 1 is 1.24 bits per heavy atom. The van der Waals surface area contributed by atoms with Gasteiger partial charge in [-0.05, 0) is 81.1 Å². The van der Waals surface area contributed by atoms with Crippen LogP contribution in [0.5, 0.6) is 5.75 Å². The fourth-order valence-corrected chi connectivity index (χ4v) is 4.27. The number of nitrogens with one attached hydrogen (secondary N) is 1. The number of halogens is 2. The molecule has 0 bridgehead atoms. The summed E-state index contributed by atoms with van der Waals surface area (Å²) < 4.78 is 7.47. The number of methoxy groups -OCH3 is 1. The Morgan fingerprint density at radius 3 is 2.62 bits per heavy atom. The van der Waals surface area contributed by atoms with Gasteiger partial charge in [0.2, 0.25) is 0 Å². The Hall–Kier alpha value is -0.360. The number of rotatable bonds is 7. The molecule has 0 saturated heterocycles. The first-order valence-corrected chi connectivity index (χ1v) is 9.35. The van der Waals surface area contributed by atoms with E-state index < -0.39 is 0 Å². The quantitative estimate of drug-likeness (QED) is 0.617. The average Bonchev–Trinajstić information content (AvgIpc) is 2.90. The van der Waals surface area contributed by atoms with E-state index in [0.29, 0.717) is 6.04 Å². The number of ether oxygens (including phenoxy) is 1. The summed E-state index contributed by atoms with van der Waals surface area (Å²) in [6, 6.07) is 10.9. The van der Waals surface area contributed by atoms with Gasteiger partial charge in [-0.1, -0.05) is 13.0 Å². The van der Waals surface area contributed by atoms with Gasteiger partial charge in [0, 0.05) is 10.9 Å². The predicted molar refractivity (Wildman–Crippen MR) is 97.5 cm³/mol. The molecule has 1 aromatic heterocycles. The summed E-state index contributed by atoms with van der Waals surface area (Å²) in [4.78, 5) is 1.36. The minimum absolute atomic E-state index is 0.349. The highest BCUT2D eigenvalue weighted by molar-refractivity contribution is 9.11. The number of benzene rings is 1. The molecule has 0 aliphatic rings. The van der Waals surface area contributed by atoms with Crippen molar-refractivity contribution in [2.75, 3.05) is 13.7 Å². The van der Waals surface area contributed by atoms with Gasteiger partial charge in [0.25, 0.3) is 0 Å². The molecule has 114 valence electrons. The number of hydrogen-bond acceptors (Lipinski definition) is 3. The van der Waals surface area contributed by atoms with Crippen molar-refractivity contribution >= 4 is 43.2 Å².